The van der Waals surface area contributed by atoms with Gasteiger partial charge in [0.1, 0.15) is 0 Å². The van der Waals surface area contributed by atoms with Crippen molar-refractivity contribution in [2.45, 2.75) is 38.3 Å². The highest BCUT2D eigenvalue weighted by molar-refractivity contribution is 6.30. The fraction of sp³-hybridized carbons (Fsp3) is 0.333. The molecule has 2 aromatic carbocycles. The van der Waals surface area contributed by atoms with Crippen molar-refractivity contribution < 1.29 is 4.79 Å². The number of likely N-dealkylation sites (tertiary alicyclic amines) is 1. The standard InChI is InChI=1S/C27H30ClN3O/c28-24-12-6-10-22(18-24)19-31-17-7-11-23(20-31)27(25-13-4-5-16-29-25)30-26(32)15-14-21-8-2-1-3-9-21/h1-6,8-10,12-13,16,18,23,27H,7,11,14-15,17,19-20H2,(H,30,32)/t23-,27-/m0/s1. The number of carbonyl (C=O) groups is 1. The molecule has 4 nitrogen and oxygen atoms in total. The maximum absolute atomic E-state index is 12.9. The molecule has 1 amide bonds. The van der Waals surface area contributed by atoms with E-state index in [9.17, 15) is 4.79 Å². The second-order valence-corrected chi connectivity index (χ2v) is 8.99. The molecule has 1 aliphatic heterocycles. The third-order valence-corrected chi connectivity index (χ3v) is 6.35. The van der Waals surface area contributed by atoms with Crippen LogP contribution in [0.25, 0.3) is 0 Å². The van der Waals surface area contributed by atoms with E-state index in [1.165, 1.54) is 11.1 Å². The SMILES string of the molecule is O=C(CCc1ccccc1)N[C@H](c1ccccn1)[C@H]1CCCN(Cc2cccc(Cl)c2)C1. The van der Waals surface area contributed by atoms with Crippen molar-refractivity contribution in [3.8, 4) is 0 Å². The zero-order valence-corrected chi connectivity index (χ0v) is 19.0. The van der Waals surface area contributed by atoms with Crippen molar-refractivity contribution in [1.82, 2.24) is 15.2 Å². The summed E-state index contributed by atoms with van der Waals surface area (Å²) in [4.78, 5) is 19.9. The molecule has 1 N–H and O–H groups in total. The molecule has 1 aromatic heterocycles. The highest BCUT2D eigenvalue weighted by Crippen LogP contribution is 2.30. The van der Waals surface area contributed by atoms with Crippen LogP contribution >= 0.6 is 11.6 Å². The fourth-order valence-electron chi connectivity index (χ4n) is 4.54. The van der Waals surface area contributed by atoms with Gasteiger partial charge >= 0.3 is 0 Å². The molecule has 0 bridgehead atoms. The molecular formula is C27H30ClN3O. The van der Waals surface area contributed by atoms with Gasteiger partial charge in [-0.3, -0.25) is 14.7 Å². The van der Waals surface area contributed by atoms with E-state index < -0.39 is 0 Å². The first-order valence-electron chi connectivity index (χ1n) is 11.4. The number of nitrogens with one attached hydrogen (secondary N) is 1. The van der Waals surface area contributed by atoms with Crippen LogP contribution in [0.1, 0.15) is 42.1 Å². The smallest absolute Gasteiger partial charge is 0.220 e. The number of hydrogen-bond acceptors (Lipinski definition) is 3. The van der Waals surface area contributed by atoms with Crippen LogP contribution in [0.3, 0.4) is 0 Å². The summed E-state index contributed by atoms with van der Waals surface area (Å²) in [6.45, 7) is 2.85. The minimum absolute atomic E-state index is 0.0801. The summed E-state index contributed by atoms with van der Waals surface area (Å²) in [7, 11) is 0. The number of aryl methyl sites for hydroxylation is 1. The molecule has 0 saturated carbocycles. The van der Waals surface area contributed by atoms with Gasteiger partial charge in [-0.05, 0) is 67.1 Å². The third kappa shape index (κ3) is 6.41. The largest absolute Gasteiger partial charge is 0.347 e. The first kappa shape index (κ1) is 22.5. The maximum Gasteiger partial charge on any atom is 0.220 e. The number of aromatic nitrogens is 1. The topological polar surface area (TPSA) is 45.2 Å². The minimum Gasteiger partial charge on any atom is -0.347 e. The number of pyridine rings is 1. The second-order valence-electron chi connectivity index (χ2n) is 8.55. The Kier molecular flexibility index (Phi) is 7.92. The van der Waals surface area contributed by atoms with Gasteiger partial charge in [0.15, 0.2) is 0 Å². The summed E-state index contributed by atoms with van der Waals surface area (Å²) in [6.07, 6.45) is 5.21. The van der Waals surface area contributed by atoms with Gasteiger partial charge in [-0.2, -0.15) is 0 Å². The van der Waals surface area contributed by atoms with Gasteiger partial charge in [-0.1, -0.05) is 60.1 Å². The van der Waals surface area contributed by atoms with Crippen LogP contribution in [0.5, 0.6) is 0 Å². The highest BCUT2D eigenvalue weighted by Gasteiger charge is 2.30. The Hall–Kier alpha value is -2.69. The van der Waals surface area contributed by atoms with Gasteiger partial charge in [0.05, 0.1) is 11.7 Å². The fourth-order valence-corrected chi connectivity index (χ4v) is 4.75. The van der Waals surface area contributed by atoms with Crippen LogP contribution in [0.15, 0.2) is 79.0 Å². The molecule has 1 aliphatic rings. The van der Waals surface area contributed by atoms with Crippen LogP contribution in [0.4, 0.5) is 0 Å². The first-order valence-corrected chi connectivity index (χ1v) is 11.8. The van der Waals surface area contributed by atoms with E-state index in [-0.39, 0.29) is 11.9 Å². The summed E-state index contributed by atoms with van der Waals surface area (Å²) in [5, 5.41) is 4.09. The van der Waals surface area contributed by atoms with Gasteiger partial charge in [0.25, 0.3) is 0 Å². The molecule has 0 spiro atoms. The van der Waals surface area contributed by atoms with Gasteiger partial charge in [0.2, 0.25) is 5.91 Å². The number of carbonyl (C=O) groups excluding carboxylic acids is 1. The summed E-state index contributed by atoms with van der Waals surface area (Å²) in [5.74, 6) is 0.398. The van der Waals surface area contributed by atoms with Gasteiger partial charge in [-0.25, -0.2) is 0 Å². The van der Waals surface area contributed by atoms with Crippen molar-refractivity contribution in [2.75, 3.05) is 13.1 Å². The quantitative estimate of drug-likeness (QED) is 0.500. The highest BCUT2D eigenvalue weighted by atomic mass is 35.5. The van der Waals surface area contributed by atoms with Gasteiger partial charge in [-0.15, -0.1) is 0 Å². The molecule has 0 aliphatic carbocycles. The normalized spacial score (nSPS) is 17.6. The third-order valence-electron chi connectivity index (χ3n) is 6.12. The van der Waals surface area contributed by atoms with Crippen molar-refractivity contribution in [3.63, 3.8) is 0 Å². The minimum atomic E-state index is -0.0818. The molecule has 166 valence electrons. The predicted molar refractivity (Wildman–Crippen MR) is 129 cm³/mol. The van der Waals surface area contributed by atoms with E-state index in [4.69, 9.17) is 11.6 Å². The summed E-state index contributed by atoms with van der Waals surface area (Å²) >= 11 is 6.18. The van der Waals surface area contributed by atoms with Crippen molar-refractivity contribution >= 4 is 17.5 Å². The molecule has 1 saturated heterocycles. The van der Waals surface area contributed by atoms with E-state index >= 15 is 0 Å². The van der Waals surface area contributed by atoms with E-state index in [1.54, 1.807) is 0 Å². The molecule has 32 heavy (non-hydrogen) atoms. The number of benzene rings is 2. The van der Waals surface area contributed by atoms with Crippen LogP contribution in [0, 0.1) is 5.92 Å². The van der Waals surface area contributed by atoms with Crippen LogP contribution in [0.2, 0.25) is 5.02 Å². The Labute approximate surface area is 195 Å². The predicted octanol–water partition coefficient (Wildman–Crippen LogP) is 5.44. The average Bonchev–Trinajstić information content (AvgIpc) is 2.83. The van der Waals surface area contributed by atoms with Crippen LogP contribution in [-0.4, -0.2) is 28.9 Å². The van der Waals surface area contributed by atoms with Crippen molar-refractivity contribution in [2.24, 2.45) is 5.92 Å². The molecule has 3 aromatic rings. The Morgan fingerprint density at radius 3 is 2.66 bits per heavy atom. The number of nitrogens with zero attached hydrogens (tertiary/aromatic N) is 2. The zero-order valence-electron chi connectivity index (χ0n) is 18.3. The first-order chi connectivity index (χ1) is 15.7. The summed E-state index contributed by atoms with van der Waals surface area (Å²) < 4.78 is 0. The summed E-state index contributed by atoms with van der Waals surface area (Å²) in [6, 6.07) is 24.1. The molecule has 4 rings (SSSR count). The average molecular weight is 448 g/mol. The van der Waals surface area contributed by atoms with Crippen molar-refractivity contribution in [3.05, 3.63) is 101 Å². The van der Waals surface area contributed by atoms with Crippen molar-refractivity contribution in [1.29, 1.82) is 0 Å². The summed E-state index contributed by atoms with van der Waals surface area (Å²) in [5.41, 5.74) is 3.34. The molecule has 0 unspecified atom stereocenters. The van der Waals surface area contributed by atoms with E-state index in [1.807, 2.05) is 60.8 Å². The van der Waals surface area contributed by atoms with Crippen LogP contribution < -0.4 is 5.32 Å². The second kappa shape index (κ2) is 11.3. The number of piperidine rings is 1. The lowest BCUT2D eigenvalue weighted by Gasteiger charge is -2.37. The Morgan fingerprint density at radius 1 is 1.06 bits per heavy atom. The number of halogens is 1. The lowest BCUT2D eigenvalue weighted by Crippen LogP contribution is -2.43. The lowest BCUT2D eigenvalue weighted by molar-refractivity contribution is -0.122. The van der Waals surface area contributed by atoms with Gasteiger partial charge < -0.3 is 5.32 Å². The monoisotopic (exact) mass is 447 g/mol. The Balaban J connectivity index is 1.43. The Morgan fingerprint density at radius 2 is 1.88 bits per heavy atom. The molecule has 2 heterocycles. The van der Waals surface area contributed by atoms with E-state index in [2.05, 4.69) is 33.4 Å². The maximum atomic E-state index is 12.9. The van der Waals surface area contributed by atoms with E-state index in [0.29, 0.717) is 12.3 Å². The van der Waals surface area contributed by atoms with Gasteiger partial charge in [0, 0.05) is 30.7 Å². The number of amides is 1. The molecule has 5 heteroatoms. The number of rotatable bonds is 8. The number of hydrogen-bond donors (Lipinski definition) is 1. The molecule has 0 radical (unpaired) electrons. The zero-order chi connectivity index (χ0) is 22.2. The Bertz CT molecular complexity index is 996. The van der Waals surface area contributed by atoms with Crippen LogP contribution in [-0.2, 0) is 17.8 Å². The van der Waals surface area contributed by atoms with E-state index in [0.717, 1.165) is 49.6 Å². The molecule has 1 fully saturated rings. The lowest BCUT2D eigenvalue weighted by atomic mass is 9.88. The molecular weight excluding hydrogens is 418 g/mol. The molecule has 2 atom stereocenters.